The molecule has 1 saturated heterocycles. The summed E-state index contributed by atoms with van der Waals surface area (Å²) in [6, 6.07) is 9.69. The fraction of sp³-hybridized carbons (Fsp3) is 0.562. The van der Waals surface area contributed by atoms with Crippen molar-refractivity contribution in [1.29, 1.82) is 0 Å². The molecular weight excluding hydrogens is 455 g/mol. The van der Waals surface area contributed by atoms with E-state index < -0.39 is 0 Å². The van der Waals surface area contributed by atoms with Crippen molar-refractivity contribution in [2.75, 3.05) is 24.5 Å². The summed E-state index contributed by atoms with van der Waals surface area (Å²) in [7, 11) is 0. The van der Waals surface area contributed by atoms with Crippen LogP contribution < -0.4 is 15.5 Å². The predicted octanol–water partition coefficient (Wildman–Crippen LogP) is 3.36. The van der Waals surface area contributed by atoms with E-state index in [-0.39, 0.29) is 24.0 Å². The molecule has 0 amide bonds. The van der Waals surface area contributed by atoms with Crippen LogP contribution >= 0.6 is 39.9 Å². The third-order valence-corrected chi connectivity index (χ3v) is 4.48. The lowest BCUT2D eigenvalue weighted by atomic mass is 10.3. The van der Waals surface area contributed by atoms with Crippen LogP contribution in [0.15, 0.2) is 33.7 Å². The Labute approximate surface area is 158 Å². The number of nitrogens with zero attached hydrogens (tertiary/aromatic N) is 2. The van der Waals surface area contributed by atoms with Gasteiger partial charge in [0.15, 0.2) is 5.96 Å². The predicted molar refractivity (Wildman–Crippen MR) is 107 cm³/mol. The molecule has 1 aliphatic heterocycles. The molecular formula is C16H24BrIN4. The number of nitrogens with one attached hydrogen (secondary N) is 2. The second kappa shape index (κ2) is 8.38. The number of aliphatic imine (C=N–C) groups is 1. The molecule has 0 aromatic heterocycles. The van der Waals surface area contributed by atoms with E-state index in [4.69, 9.17) is 0 Å². The van der Waals surface area contributed by atoms with Gasteiger partial charge in [0.2, 0.25) is 0 Å². The highest BCUT2D eigenvalue weighted by molar-refractivity contribution is 14.0. The Morgan fingerprint density at radius 1 is 1.18 bits per heavy atom. The maximum Gasteiger partial charge on any atom is 0.191 e. The van der Waals surface area contributed by atoms with Crippen molar-refractivity contribution >= 4 is 51.6 Å². The van der Waals surface area contributed by atoms with E-state index in [2.05, 4.69) is 67.6 Å². The second-order valence-electron chi connectivity index (χ2n) is 5.79. The quantitative estimate of drug-likeness (QED) is 0.396. The van der Waals surface area contributed by atoms with Gasteiger partial charge in [-0.15, -0.1) is 24.0 Å². The molecule has 3 rings (SSSR count). The Morgan fingerprint density at radius 3 is 2.50 bits per heavy atom. The van der Waals surface area contributed by atoms with Crippen molar-refractivity contribution in [2.24, 2.45) is 4.99 Å². The zero-order valence-corrected chi connectivity index (χ0v) is 16.8. The van der Waals surface area contributed by atoms with E-state index >= 15 is 0 Å². The monoisotopic (exact) mass is 478 g/mol. The molecule has 22 heavy (non-hydrogen) atoms. The molecule has 122 valence electrons. The third kappa shape index (κ3) is 5.01. The maximum absolute atomic E-state index is 4.55. The minimum atomic E-state index is 0. The zero-order valence-electron chi connectivity index (χ0n) is 12.9. The van der Waals surface area contributed by atoms with Crippen LogP contribution in [0.1, 0.15) is 26.2 Å². The van der Waals surface area contributed by atoms with Crippen molar-refractivity contribution in [3.63, 3.8) is 0 Å². The number of hydrogen-bond acceptors (Lipinski definition) is 2. The van der Waals surface area contributed by atoms with Crippen LogP contribution in [0.4, 0.5) is 5.69 Å². The average Bonchev–Trinajstić information content (AvgIpc) is 3.16. The zero-order chi connectivity index (χ0) is 14.7. The molecule has 1 aromatic carbocycles. The molecule has 2 N–H and O–H groups in total. The molecule has 1 atom stereocenters. The first-order valence-electron chi connectivity index (χ1n) is 7.82. The van der Waals surface area contributed by atoms with Crippen LogP contribution in [0.5, 0.6) is 0 Å². The van der Waals surface area contributed by atoms with Crippen molar-refractivity contribution in [3.05, 3.63) is 28.7 Å². The van der Waals surface area contributed by atoms with Gasteiger partial charge in [-0.25, -0.2) is 0 Å². The van der Waals surface area contributed by atoms with Gasteiger partial charge in [-0.3, -0.25) is 4.99 Å². The Balaban J connectivity index is 0.00000176. The summed E-state index contributed by atoms with van der Waals surface area (Å²) in [6.45, 7) is 5.04. The van der Waals surface area contributed by atoms with Gasteiger partial charge in [-0.1, -0.05) is 15.9 Å². The Morgan fingerprint density at radius 2 is 1.86 bits per heavy atom. The summed E-state index contributed by atoms with van der Waals surface area (Å²) in [5, 5.41) is 7.08. The van der Waals surface area contributed by atoms with Crippen LogP contribution in [0.25, 0.3) is 0 Å². The van der Waals surface area contributed by atoms with Crippen molar-refractivity contribution in [1.82, 2.24) is 10.6 Å². The van der Waals surface area contributed by atoms with Crippen LogP contribution in [0, 0.1) is 0 Å². The second-order valence-corrected chi connectivity index (χ2v) is 6.71. The highest BCUT2D eigenvalue weighted by Gasteiger charge is 2.26. The van der Waals surface area contributed by atoms with Gasteiger partial charge in [-0.05, 0) is 50.5 Å². The molecule has 1 saturated carbocycles. The van der Waals surface area contributed by atoms with Crippen LogP contribution in [0.3, 0.4) is 0 Å². The highest BCUT2D eigenvalue weighted by Crippen LogP contribution is 2.23. The van der Waals surface area contributed by atoms with E-state index in [0.29, 0.717) is 12.1 Å². The number of hydrogen-bond donors (Lipinski definition) is 2. The van der Waals surface area contributed by atoms with E-state index in [1.807, 2.05) is 0 Å². The molecule has 0 bridgehead atoms. The number of rotatable bonds is 4. The number of anilines is 1. The standard InChI is InChI=1S/C16H23BrN4.HI/c1-2-18-16(19-13-5-6-13)20-14-9-10-21(11-14)15-7-3-12(17)4-8-15;/h3-4,7-8,13-14H,2,5-6,9-11H2,1H3,(H2,18,19,20);1H. The summed E-state index contributed by atoms with van der Waals surface area (Å²) in [5.41, 5.74) is 1.30. The number of guanidine groups is 1. The molecule has 2 aliphatic rings. The minimum Gasteiger partial charge on any atom is -0.369 e. The van der Waals surface area contributed by atoms with Gasteiger partial charge >= 0.3 is 0 Å². The summed E-state index contributed by atoms with van der Waals surface area (Å²) in [5.74, 6) is 0.989. The first kappa shape index (κ1) is 17.8. The maximum atomic E-state index is 4.55. The van der Waals surface area contributed by atoms with E-state index in [0.717, 1.165) is 36.5 Å². The molecule has 6 heteroatoms. The average molecular weight is 479 g/mol. The molecule has 2 fully saturated rings. The lowest BCUT2D eigenvalue weighted by Crippen LogP contribution is -2.45. The highest BCUT2D eigenvalue weighted by atomic mass is 127. The Bertz CT molecular complexity index is 501. The summed E-state index contributed by atoms with van der Waals surface area (Å²) in [6.07, 6.45) is 3.71. The van der Waals surface area contributed by atoms with Gasteiger partial charge in [0.25, 0.3) is 0 Å². The van der Waals surface area contributed by atoms with Gasteiger partial charge in [0, 0.05) is 41.9 Å². The minimum absolute atomic E-state index is 0. The number of benzene rings is 1. The largest absolute Gasteiger partial charge is 0.369 e. The first-order valence-corrected chi connectivity index (χ1v) is 8.62. The fourth-order valence-corrected chi connectivity index (χ4v) is 2.93. The molecule has 1 aliphatic carbocycles. The lowest BCUT2D eigenvalue weighted by molar-refractivity contribution is 0.646. The van der Waals surface area contributed by atoms with Crippen LogP contribution in [0.2, 0.25) is 0 Å². The first-order chi connectivity index (χ1) is 10.2. The van der Waals surface area contributed by atoms with Crippen LogP contribution in [-0.2, 0) is 0 Å². The van der Waals surface area contributed by atoms with Gasteiger partial charge in [0.05, 0.1) is 0 Å². The molecule has 0 spiro atoms. The lowest BCUT2D eigenvalue weighted by Gasteiger charge is -2.20. The number of halogens is 2. The molecule has 4 nitrogen and oxygen atoms in total. The normalized spacial score (nSPS) is 21.5. The van der Waals surface area contributed by atoms with Gasteiger partial charge in [0.1, 0.15) is 0 Å². The van der Waals surface area contributed by atoms with Gasteiger partial charge < -0.3 is 15.5 Å². The molecule has 1 aromatic rings. The van der Waals surface area contributed by atoms with Crippen LogP contribution in [-0.4, -0.2) is 37.7 Å². The smallest absolute Gasteiger partial charge is 0.191 e. The summed E-state index contributed by atoms with van der Waals surface area (Å²) >= 11 is 3.49. The SMILES string of the molecule is CCN=C(NC1CC1)NC1CCN(c2ccc(Br)cc2)C1.I. The van der Waals surface area contributed by atoms with E-state index in [9.17, 15) is 0 Å². The molecule has 1 unspecified atom stereocenters. The van der Waals surface area contributed by atoms with Crippen molar-refractivity contribution < 1.29 is 0 Å². The Hall–Kier alpha value is -0.500. The summed E-state index contributed by atoms with van der Waals surface area (Å²) < 4.78 is 1.13. The Kier molecular flexibility index (Phi) is 6.80. The molecule has 0 radical (unpaired) electrons. The van der Waals surface area contributed by atoms with E-state index in [1.54, 1.807) is 0 Å². The third-order valence-electron chi connectivity index (χ3n) is 3.96. The topological polar surface area (TPSA) is 39.7 Å². The van der Waals surface area contributed by atoms with Crippen molar-refractivity contribution in [3.8, 4) is 0 Å². The summed E-state index contributed by atoms with van der Waals surface area (Å²) in [4.78, 5) is 6.98. The molecule has 1 heterocycles. The van der Waals surface area contributed by atoms with Gasteiger partial charge in [-0.2, -0.15) is 0 Å². The fourth-order valence-electron chi connectivity index (χ4n) is 2.67. The van der Waals surface area contributed by atoms with Crippen molar-refractivity contribution in [2.45, 2.75) is 38.3 Å². The van der Waals surface area contributed by atoms with E-state index in [1.165, 1.54) is 18.5 Å².